The van der Waals surface area contributed by atoms with E-state index in [2.05, 4.69) is 20.8 Å². The zero-order chi connectivity index (χ0) is 14.7. The quantitative estimate of drug-likeness (QED) is 0.769. The lowest BCUT2D eigenvalue weighted by Crippen LogP contribution is -2.19. The summed E-state index contributed by atoms with van der Waals surface area (Å²) in [4.78, 5) is 11.8. The number of nitrogens with zero attached hydrogens (tertiary/aromatic N) is 2. The lowest BCUT2D eigenvalue weighted by molar-refractivity contribution is 0.261. The average molecular weight is 284 g/mol. The van der Waals surface area contributed by atoms with Crippen LogP contribution < -0.4 is 10.6 Å². The molecule has 0 radical (unpaired) electrons. The number of amides is 2. The molecule has 0 aliphatic carbocycles. The van der Waals surface area contributed by atoms with Crippen molar-refractivity contribution in [2.45, 2.75) is 6.92 Å². The number of carbonyl (C=O) groups excluding carboxylic acids is 1. The maximum absolute atomic E-state index is 11.8. The van der Waals surface area contributed by atoms with Crippen molar-refractivity contribution in [1.82, 2.24) is 10.2 Å². The van der Waals surface area contributed by atoms with E-state index < -0.39 is 6.03 Å². The van der Waals surface area contributed by atoms with Crippen LogP contribution in [0.1, 0.15) is 5.56 Å². The molecule has 0 aliphatic heterocycles. The molecule has 0 saturated carbocycles. The van der Waals surface area contributed by atoms with Gasteiger partial charge in [0.05, 0.1) is 6.26 Å². The summed E-state index contributed by atoms with van der Waals surface area (Å²) in [6.45, 7) is 1.97. The maximum atomic E-state index is 11.8. The van der Waals surface area contributed by atoms with Gasteiger partial charge in [-0.15, -0.1) is 5.10 Å². The van der Waals surface area contributed by atoms with Crippen LogP contribution in [-0.4, -0.2) is 16.2 Å². The zero-order valence-corrected chi connectivity index (χ0v) is 11.2. The second kappa shape index (κ2) is 5.49. The Balaban J connectivity index is 1.64. The molecule has 21 heavy (non-hydrogen) atoms. The Morgan fingerprint density at radius 2 is 1.90 bits per heavy atom. The number of aromatic nitrogens is 2. The number of nitrogens with one attached hydrogen (secondary N) is 2. The van der Waals surface area contributed by atoms with Gasteiger partial charge in [-0.1, -0.05) is 22.8 Å². The normalized spacial score (nSPS) is 10.3. The van der Waals surface area contributed by atoms with Crippen molar-refractivity contribution in [3.05, 3.63) is 48.2 Å². The van der Waals surface area contributed by atoms with Gasteiger partial charge in [0.2, 0.25) is 0 Å². The van der Waals surface area contributed by atoms with Crippen LogP contribution >= 0.6 is 0 Å². The Hall–Kier alpha value is -3.09. The average Bonchev–Trinajstić information content (AvgIpc) is 3.12. The van der Waals surface area contributed by atoms with Crippen LogP contribution in [0.5, 0.6) is 0 Å². The van der Waals surface area contributed by atoms with E-state index in [0.29, 0.717) is 11.4 Å². The van der Waals surface area contributed by atoms with Gasteiger partial charge in [0.25, 0.3) is 5.89 Å². The molecular weight excluding hydrogens is 272 g/mol. The summed E-state index contributed by atoms with van der Waals surface area (Å²) in [5.74, 6) is 0.639. The Kier molecular flexibility index (Phi) is 3.38. The maximum Gasteiger partial charge on any atom is 0.327 e. The number of urea groups is 1. The summed E-state index contributed by atoms with van der Waals surface area (Å²) in [6.07, 6.45) is 1.50. The third kappa shape index (κ3) is 3.08. The van der Waals surface area contributed by atoms with Crippen molar-refractivity contribution in [3.8, 4) is 11.7 Å². The minimum absolute atomic E-state index is 0.00832. The molecule has 0 bridgehead atoms. The third-order valence-corrected chi connectivity index (χ3v) is 2.69. The molecule has 2 heterocycles. The SMILES string of the molecule is Cc1ccc(NC(=O)Nc2nnc(-c3ccco3)o2)cc1. The number of furan rings is 1. The van der Waals surface area contributed by atoms with Crippen molar-refractivity contribution in [2.75, 3.05) is 10.6 Å². The van der Waals surface area contributed by atoms with Gasteiger partial charge >= 0.3 is 12.0 Å². The third-order valence-electron chi connectivity index (χ3n) is 2.69. The number of carbonyl (C=O) groups is 1. The van der Waals surface area contributed by atoms with E-state index in [9.17, 15) is 4.79 Å². The van der Waals surface area contributed by atoms with Gasteiger partial charge in [-0.2, -0.15) is 0 Å². The summed E-state index contributed by atoms with van der Waals surface area (Å²) < 4.78 is 10.4. The van der Waals surface area contributed by atoms with Gasteiger partial charge in [-0.05, 0) is 31.2 Å². The lowest BCUT2D eigenvalue weighted by atomic mass is 10.2. The summed E-state index contributed by atoms with van der Waals surface area (Å²) in [7, 11) is 0. The number of rotatable bonds is 3. The van der Waals surface area contributed by atoms with Crippen LogP contribution in [0.15, 0.2) is 51.5 Å². The standard InChI is InChI=1S/C14H12N4O3/c1-9-4-6-10(7-5-9)15-13(19)16-14-18-17-12(21-14)11-3-2-8-20-11/h2-8H,1H3,(H2,15,16,18,19). The minimum Gasteiger partial charge on any atom is -0.459 e. The monoisotopic (exact) mass is 284 g/mol. The molecule has 0 aliphatic rings. The second-order valence-corrected chi connectivity index (χ2v) is 4.33. The fourth-order valence-corrected chi connectivity index (χ4v) is 1.67. The van der Waals surface area contributed by atoms with Crippen molar-refractivity contribution < 1.29 is 13.6 Å². The highest BCUT2D eigenvalue weighted by Crippen LogP contribution is 2.19. The fourth-order valence-electron chi connectivity index (χ4n) is 1.67. The Bertz CT molecular complexity index is 732. The molecule has 7 nitrogen and oxygen atoms in total. The van der Waals surface area contributed by atoms with Crippen LogP contribution in [0.4, 0.5) is 16.5 Å². The predicted molar refractivity (Wildman–Crippen MR) is 75.8 cm³/mol. The molecule has 2 N–H and O–H groups in total. The molecule has 0 spiro atoms. The van der Waals surface area contributed by atoms with E-state index >= 15 is 0 Å². The van der Waals surface area contributed by atoms with Gasteiger partial charge in [0.1, 0.15) is 0 Å². The molecule has 106 valence electrons. The first-order valence-corrected chi connectivity index (χ1v) is 6.23. The largest absolute Gasteiger partial charge is 0.459 e. The zero-order valence-electron chi connectivity index (χ0n) is 11.2. The molecule has 2 amide bonds. The lowest BCUT2D eigenvalue weighted by Gasteiger charge is -2.04. The number of anilines is 2. The first-order chi connectivity index (χ1) is 10.2. The molecule has 3 rings (SSSR count). The number of hydrogen-bond acceptors (Lipinski definition) is 5. The van der Waals surface area contributed by atoms with Crippen molar-refractivity contribution in [1.29, 1.82) is 0 Å². The van der Waals surface area contributed by atoms with Gasteiger partial charge in [-0.25, -0.2) is 4.79 Å². The first kappa shape index (κ1) is 12.9. The highest BCUT2D eigenvalue weighted by molar-refractivity contribution is 5.98. The molecule has 0 saturated heterocycles. The summed E-state index contributed by atoms with van der Waals surface area (Å²) in [6, 6.07) is 10.3. The molecule has 1 aromatic carbocycles. The molecule has 2 aromatic heterocycles. The first-order valence-electron chi connectivity index (χ1n) is 6.23. The Morgan fingerprint density at radius 1 is 1.10 bits per heavy atom. The van der Waals surface area contributed by atoms with Gasteiger partial charge < -0.3 is 14.2 Å². The van der Waals surface area contributed by atoms with Gasteiger partial charge in [0.15, 0.2) is 5.76 Å². The van der Waals surface area contributed by atoms with Crippen LogP contribution in [0, 0.1) is 6.92 Å². The summed E-state index contributed by atoms with van der Waals surface area (Å²) >= 11 is 0. The predicted octanol–water partition coefficient (Wildman–Crippen LogP) is 3.28. The second-order valence-electron chi connectivity index (χ2n) is 4.33. The molecule has 0 fully saturated rings. The van der Waals surface area contributed by atoms with Gasteiger partial charge in [-0.3, -0.25) is 5.32 Å². The summed E-state index contributed by atoms with van der Waals surface area (Å²) in [5.41, 5.74) is 1.78. The van der Waals surface area contributed by atoms with Gasteiger partial charge in [0, 0.05) is 5.69 Å². The Morgan fingerprint density at radius 3 is 2.62 bits per heavy atom. The summed E-state index contributed by atoms with van der Waals surface area (Å²) in [5, 5.41) is 12.6. The van der Waals surface area contributed by atoms with Crippen molar-refractivity contribution >= 4 is 17.7 Å². The topological polar surface area (TPSA) is 93.2 Å². The van der Waals surface area contributed by atoms with E-state index in [4.69, 9.17) is 8.83 Å². The molecule has 0 atom stereocenters. The molecule has 0 unspecified atom stereocenters. The smallest absolute Gasteiger partial charge is 0.327 e. The highest BCUT2D eigenvalue weighted by atomic mass is 16.4. The van der Waals surface area contributed by atoms with Crippen LogP contribution in [-0.2, 0) is 0 Å². The molecular formula is C14H12N4O3. The van der Waals surface area contributed by atoms with E-state index in [1.54, 1.807) is 24.3 Å². The van der Waals surface area contributed by atoms with Crippen LogP contribution in [0.3, 0.4) is 0 Å². The number of hydrogen-bond donors (Lipinski definition) is 2. The van der Waals surface area contributed by atoms with E-state index in [1.165, 1.54) is 6.26 Å². The molecule has 3 aromatic rings. The Labute approximate surface area is 120 Å². The van der Waals surface area contributed by atoms with E-state index in [1.807, 2.05) is 19.1 Å². The molecule has 7 heteroatoms. The van der Waals surface area contributed by atoms with E-state index in [0.717, 1.165) is 5.56 Å². The number of aryl methyl sites for hydroxylation is 1. The highest BCUT2D eigenvalue weighted by Gasteiger charge is 2.12. The van der Waals surface area contributed by atoms with Crippen LogP contribution in [0.25, 0.3) is 11.7 Å². The minimum atomic E-state index is -0.464. The van der Waals surface area contributed by atoms with E-state index in [-0.39, 0.29) is 11.9 Å². The van der Waals surface area contributed by atoms with Crippen molar-refractivity contribution in [3.63, 3.8) is 0 Å². The van der Waals surface area contributed by atoms with Crippen LogP contribution in [0.2, 0.25) is 0 Å². The fraction of sp³-hybridized carbons (Fsp3) is 0.0714. The number of benzene rings is 1. The van der Waals surface area contributed by atoms with Crippen molar-refractivity contribution in [2.24, 2.45) is 0 Å².